The van der Waals surface area contributed by atoms with Crippen molar-refractivity contribution in [2.45, 2.75) is 18.9 Å². The molecule has 1 heterocycles. The lowest BCUT2D eigenvalue weighted by Crippen LogP contribution is -2.51. The summed E-state index contributed by atoms with van der Waals surface area (Å²) in [5, 5.41) is 0. The van der Waals surface area contributed by atoms with Crippen LogP contribution in [0, 0.1) is 17.8 Å². The highest BCUT2D eigenvalue weighted by atomic mass is 16.5. The number of Topliss-reactive ketones (excluding diaryl/α,β-unsaturated/α-hetero) is 1. The van der Waals surface area contributed by atoms with Crippen LogP contribution in [0.5, 0.6) is 5.75 Å². The van der Waals surface area contributed by atoms with Gasteiger partial charge in [0.25, 0.3) is 0 Å². The fraction of sp³-hybridized carbons (Fsp3) is 0.267. The van der Waals surface area contributed by atoms with Crippen molar-refractivity contribution in [3.8, 4) is 5.75 Å². The predicted molar refractivity (Wildman–Crippen MR) is 133 cm³/mol. The third kappa shape index (κ3) is 4.28. The summed E-state index contributed by atoms with van der Waals surface area (Å²) < 4.78 is 5.26. The summed E-state index contributed by atoms with van der Waals surface area (Å²) in [7, 11) is 1.65. The van der Waals surface area contributed by atoms with E-state index in [2.05, 4.69) is 24.3 Å². The van der Waals surface area contributed by atoms with Gasteiger partial charge >= 0.3 is 0 Å². The number of likely N-dealkylation sites (tertiary alicyclic amines) is 1. The van der Waals surface area contributed by atoms with E-state index < -0.39 is 5.92 Å². The monoisotopic (exact) mass is 451 g/mol. The molecule has 4 heteroatoms. The Bertz CT molecular complexity index is 1170. The van der Waals surface area contributed by atoms with E-state index in [-0.39, 0.29) is 29.4 Å². The number of ether oxygens (including phenoxy) is 1. The van der Waals surface area contributed by atoms with Gasteiger partial charge in [0.2, 0.25) is 5.91 Å². The normalized spacial score (nSPS) is 23.9. The molecule has 0 spiro atoms. The molecule has 0 N–H and O–H groups in total. The quantitative estimate of drug-likeness (QED) is 0.367. The molecule has 4 nitrogen and oxygen atoms in total. The van der Waals surface area contributed by atoms with Gasteiger partial charge in [0.05, 0.1) is 13.0 Å². The molecule has 0 saturated carbocycles. The lowest BCUT2D eigenvalue weighted by Gasteiger charge is -2.44. The Morgan fingerprint density at radius 1 is 0.912 bits per heavy atom. The molecule has 0 aromatic heterocycles. The van der Waals surface area contributed by atoms with Crippen molar-refractivity contribution in [3.63, 3.8) is 0 Å². The lowest BCUT2D eigenvalue weighted by molar-refractivity contribution is -0.143. The number of benzene rings is 3. The van der Waals surface area contributed by atoms with Crippen LogP contribution in [-0.4, -0.2) is 30.2 Å². The van der Waals surface area contributed by atoms with Gasteiger partial charge in [-0.25, -0.2) is 0 Å². The van der Waals surface area contributed by atoms with Crippen molar-refractivity contribution in [1.29, 1.82) is 0 Å². The number of piperidine rings is 1. The zero-order valence-corrected chi connectivity index (χ0v) is 19.3. The Labute approximate surface area is 200 Å². The number of carbonyl (C=O) groups excluding carboxylic acids is 2. The molecule has 3 aromatic rings. The highest BCUT2D eigenvalue weighted by Gasteiger charge is 2.48. The van der Waals surface area contributed by atoms with Crippen molar-refractivity contribution in [2.24, 2.45) is 17.8 Å². The van der Waals surface area contributed by atoms with Crippen molar-refractivity contribution in [1.82, 2.24) is 4.90 Å². The largest absolute Gasteiger partial charge is 0.497 e. The molecular formula is C30H29NO3. The average molecular weight is 452 g/mol. The summed E-state index contributed by atoms with van der Waals surface area (Å²) in [6.45, 7) is 1.23. The molecule has 4 atom stereocenters. The molecule has 1 saturated heterocycles. The SMILES string of the molecule is COc1ccc(CN2CC[C@H]3C=C[C@@H](c4ccccc4)[C@H](C(=O)c4ccccc4)[C@H]3C2=O)cc1. The van der Waals surface area contributed by atoms with E-state index in [1.165, 1.54) is 0 Å². The maximum absolute atomic E-state index is 13.9. The number of ketones is 1. The molecular weight excluding hydrogens is 422 g/mol. The first kappa shape index (κ1) is 22.1. The fourth-order valence-electron chi connectivity index (χ4n) is 5.45. The second kappa shape index (κ2) is 9.68. The second-order valence-electron chi connectivity index (χ2n) is 9.16. The first-order chi connectivity index (χ1) is 16.7. The van der Waals surface area contributed by atoms with Crippen LogP contribution in [0.3, 0.4) is 0 Å². The van der Waals surface area contributed by atoms with Gasteiger partial charge in [0.1, 0.15) is 5.75 Å². The van der Waals surface area contributed by atoms with E-state index in [0.29, 0.717) is 18.7 Å². The zero-order chi connectivity index (χ0) is 23.5. The molecule has 5 rings (SSSR count). The van der Waals surface area contributed by atoms with Crippen LogP contribution in [-0.2, 0) is 11.3 Å². The molecule has 0 unspecified atom stereocenters. The highest BCUT2D eigenvalue weighted by Crippen LogP contribution is 2.45. The molecule has 1 fully saturated rings. The van der Waals surface area contributed by atoms with Gasteiger partial charge in [0.15, 0.2) is 5.78 Å². The van der Waals surface area contributed by atoms with Crippen LogP contribution in [0.4, 0.5) is 0 Å². The molecule has 0 bridgehead atoms. The van der Waals surface area contributed by atoms with E-state index in [4.69, 9.17) is 4.74 Å². The van der Waals surface area contributed by atoms with Crippen molar-refractivity contribution >= 4 is 11.7 Å². The fourth-order valence-corrected chi connectivity index (χ4v) is 5.45. The molecule has 34 heavy (non-hydrogen) atoms. The van der Waals surface area contributed by atoms with Gasteiger partial charge < -0.3 is 9.64 Å². The standard InChI is InChI=1S/C30H29NO3/c1-34-25-15-12-21(13-16-25)20-31-19-18-23-14-17-26(22-8-4-2-5-9-22)28(27(23)30(31)33)29(32)24-10-6-3-7-11-24/h2-17,23,26-28H,18-20H2,1H3/t23-,26+,27+,28+/m1/s1. The average Bonchev–Trinajstić information content (AvgIpc) is 2.90. The number of carbonyl (C=O) groups is 2. The van der Waals surface area contributed by atoms with Gasteiger partial charge in [-0.1, -0.05) is 84.9 Å². The third-order valence-corrected chi connectivity index (χ3v) is 7.21. The summed E-state index contributed by atoms with van der Waals surface area (Å²) in [6.07, 6.45) is 5.21. The number of amides is 1. The van der Waals surface area contributed by atoms with Crippen molar-refractivity contribution in [2.75, 3.05) is 13.7 Å². The van der Waals surface area contributed by atoms with Gasteiger partial charge in [-0.2, -0.15) is 0 Å². The van der Waals surface area contributed by atoms with Crippen LogP contribution in [0.1, 0.15) is 33.8 Å². The van der Waals surface area contributed by atoms with E-state index in [0.717, 1.165) is 23.3 Å². The van der Waals surface area contributed by atoms with Crippen LogP contribution in [0.15, 0.2) is 97.1 Å². The Balaban J connectivity index is 1.49. The first-order valence-corrected chi connectivity index (χ1v) is 11.9. The molecule has 2 aliphatic rings. The minimum absolute atomic E-state index is 0.0495. The number of hydrogen-bond donors (Lipinski definition) is 0. The summed E-state index contributed by atoms with van der Waals surface area (Å²) in [5.41, 5.74) is 2.80. The van der Waals surface area contributed by atoms with Gasteiger partial charge in [0, 0.05) is 30.5 Å². The summed E-state index contributed by atoms with van der Waals surface area (Å²) >= 11 is 0. The minimum atomic E-state index is -0.425. The first-order valence-electron chi connectivity index (χ1n) is 11.9. The number of allylic oxidation sites excluding steroid dienone is 2. The third-order valence-electron chi connectivity index (χ3n) is 7.21. The number of methoxy groups -OCH3 is 1. The van der Waals surface area contributed by atoms with Crippen molar-refractivity contribution in [3.05, 3.63) is 114 Å². The summed E-state index contributed by atoms with van der Waals surface area (Å²) in [5.74, 6) is 0.0867. The predicted octanol–water partition coefficient (Wildman–Crippen LogP) is 5.51. The summed E-state index contributed by atoms with van der Waals surface area (Å²) in [6, 6.07) is 27.3. The number of rotatable bonds is 6. The maximum Gasteiger partial charge on any atom is 0.227 e. The van der Waals surface area contributed by atoms with Crippen LogP contribution < -0.4 is 4.74 Å². The van der Waals surface area contributed by atoms with Crippen LogP contribution in [0.25, 0.3) is 0 Å². The minimum Gasteiger partial charge on any atom is -0.497 e. The zero-order valence-electron chi connectivity index (χ0n) is 19.3. The number of hydrogen-bond acceptors (Lipinski definition) is 3. The maximum atomic E-state index is 13.9. The molecule has 0 radical (unpaired) electrons. The Kier molecular flexibility index (Phi) is 6.31. The van der Waals surface area contributed by atoms with E-state index in [9.17, 15) is 9.59 Å². The Hall–Kier alpha value is -3.66. The molecule has 3 aromatic carbocycles. The Morgan fingerprint density at radius 3 is 2.26 bits per heavy atom. The topological polar surface area (TPSA) is 46.6 Å². The van der Waals surface area contributed by atoms with Crippen LogP contribution >= 0.6 is 0 Å². The van der Waals surface area contributed by atoms with E-state index >= 15 is 0 Å². The molecule has 1 aliphatic heterocycles. The second-order valence-corrected chi connectivity index (χ2v) is 9.16. The lowest BCUT2D eigenvalue weighted by atomic mass is 9.63. The van der Waals surface area contributed by atoms with E-state index in [1.807, 2.05) is 77.7 Å². The van der Waals surface area contributed by atoms with Gasteiger partial charge in [-0.05, 0) is 35.6 Å². The smallest absolute Gasteiger partial charge is 0.227 e. The molecule has 172 valence electrons. The van der Waals surface area contributed by atoms with Gasteiger partial charge in [-0.3, -0.25) is 9.59 Å². The number of nitrogens with zero attached hydrogens (tertiary/aromatic N) is 1. The molecule has 1 aliphatic carbocycles. The van der Waals surface area contributed by atoms with Crippen molar-refractivity contribution < 1.29 is 14.3 Å². The highest BCUT2D eigenvalue weighted by molar-refractivity contribution is 6.01. The Morgan fingerprint density at radius 2 is 1.59 bits per heavy atom. The van der Waals surface area contributed by atoms with Gasteiger partial charge in [-0.15, -0.1) is 0 Å². The number of fused-ring (bicyclic) bond motifs is 1. The van der Waals surface area contributed by atoms with Crippen LogP contribution in [0.2, 0.25) is 0 Å². The van der Waals surface area contributed by atoms with E-state index in [1.54, 1.807) is 7.11 Å². The molecule has 1 amide bonds. The summed E-state index contributed by atoms with van der Waals surface area (Å²) in [4.78, 5) is 29.8.